The average Bonchev–Trinajstić information content (AvgIpc) is 2.74. The Hall–Kier alpha value is -1.69. The van der Waals surface area contributed by atoms with Gasteiger partial charge in [-0.25, -0.2) is 9.97 Å². The standard InChI is InChI=1S/C13H17N5S/c1-11-10-19-13(16-11)18-6-2-5-17(7-8-18)12-9-14-3-4-15-12/h3-4,9-10H,2,5-8H2,1H3. The highest BCUT2D eigenvalue weighted by molar-refractivity contribution is 7.13. The zero-order valence-electron chi connectivity index (χ0n) is 11.0. The predicted molar refractivity (Wildman–Crippen MR) is 77.9 cm³/mol. The Bertz CT molecular complexity index is 527. The van der Waals surface area contributed by atoms with Gasteiger partial charge in [0.15, 0.2) is 5.13 Å². The highest BCUT2D eigenvalue weighted by Crippen LogP contribution is 2.22. The van der Waals surface area contributed by atoms with E-state index in [-0.39, 0.29) is 0 Å². The molecule has 1 aliphatic rings. The van der Waals surface area contributed by atoms with Crippen LogP contribution >= 0.6 is 11.3 Å². The number of hydrogen-bond acceptors (Lipinski definition) is 6. The first-order chi connectivity index (χ1) is 9.33. The normalized spacial score (nSPS) is 16.5. The van der Waals surface area contributed by atoms with Crippen molar-refractivity contribution < 1.29 is 0 Å². The van der Waals surface area contributed by atoms with Crippen LogP contribution < -0.4 is 9.80 Å². The van der Waals surface area contributed by atoms with E-state index in [1.807, 2.05) is 13.1 Å². The first kappa shape index (κ1) is 12.3. The Morgan fingerprint density at radius 2 is 1.95 bits per heavy atom. The monoisotopic (exact) mass is 275 g/mol. The summed E-state index contributed by atoms with van der Waals surface area (Å²) in [5.74, 6) is 0.972. The van der Waals surface area contributed by atoms with E-state index in [1.165, 1.54) is 0 Å². The van der Waals surface area contributed by atoms with Crippen molar-refractivity contribution in [3.8, 4) is 0 Å². The third kappa shape index (κ3) is 2.84. The fraction of sp³-hybridized carbons (Fsp3) is 0.462. The third-order valence-corrected chi connectivity index (χ3v) is 4.27. The van der Waals surface area contributed by atoms with Crippen molar-refractivity contribution in [3.63, 3.8) is 0 Å². The largest absolute Gasteiger partial charge is 0.354 e. The second-order valence-corrected chi connectivity index (χ2v) is 5.50. The van der Waals surface area contributed by atoms with Crippen LogP contribution in [0.3, 0.4) is 0 Å². The summed E-state index contributed by atoms with van der Waals surface area (Å²) in [6.07, 6.45) is 6.42. The van der Waals surface area contributed by atoms with Crippen molar-refractivity contribution in [3.05, 3.63) is 29.7 Å². The molecule has 5 nitrogen and oxygen atoms in total. The molecule has 2 aromatic rings. The first-order valence-corrected chi connectivity index (χ1v) is 7.39. The lowest BCUT2D eigenvalue weighted by Crippen LogP contribution is -2.31. The molecule has 0 amide bonds. The van der Waals surface area contributed by atoms with E-state index < -0.39 is 0 Å². The second-order valence-electron chi connectivity index (χ2n) is 4.66. The number of hydrogen-bond donors (Lipinski definition) is 0. The average molecular weight is 275 g/mol. The second kappa shape index (κ2) is 5.52. The molecule has 0 bridgehead atoms. The Morgan fingerprint density at radius 1 is 1.11 bits per heavy atom. The summed E-state index contributed by atoms with van der Waals surface area (Å²) in [6.45, 7) is 6.09. The molecule has 0 N–H and O–H groups in total. The van der Waals surface area contributed by atoms with E-state index in [9.17, 15) is 0 Å². The molecule has 0 radical (unpaired) electrons. The maximum atomic E-state index is 4.57. The minimum absolute atomic E-state index is 0.970. The number of thiazole rings is 1. The fourth-order valence-corrected chi connectivity index (χ4v) is 3.14. The van der Waals surface area contributed by atoms with Crippen LogP contribution in [0.15, 0.2) is 24.0 Å². The fourth-order valence-electron chi connectivity index (χ4n) is 2.28. The van der Waals surface area contributed by atoms with Crippen LogP contribution in [0.1, 0.15) is 12.1 Å². The SMILES string of the molecule is Cc1csc(N2CCCN(c3cnccn3)CC2)n1. The highest BCUT2D eigenvalue weighted by atomic mass is 32.1. The van der Waals surface area contributed by atoms with Crippen molar-refractivity contribution in [2.24, 2.45) is 0 Å². The molecule has 0 spiro atoms. The molecule has 0 unspecified atom stereocenters. The topological polar surface area (TPSA) is 45.2 Å². The lowest BCUT2D eigenvalue weighted by Gasteiger charge is -2.21. The van der Waals surface area contributed by atoms with Crippen LogP contribution in [0.2, 0.25) is 0 Å². The highest BCUT2D eigenvalue weighted by Gasteiger charge is 2.17. The Kier molecular flexibility index (Phi) is 3.59. The van der Waals surface area contributed by atoms with Gasteiger partial charge in [-0.1, -0.05) is 0 Å². The van der Waals surface area contributed by atoms with Crippen LogP contribution in [-0.2, 0) is 0 Å². The van der Waals surface area contributed by atoms with E-state index in [2.05, 4.69) is 30.1 Å². The molecule has 1 saturated heterocycles. The minimum atomic E-state index is 0.970. The van der Waals surface area contributed by atoms with E-state index in [1.54, 1.807) is 23.7 Å². The van der Waals surface area contributed by atoms with Crippen LogP contribution in [0.25, 0.3) is 0 Å². The summed E-state index contributed by atoms with van der Waals surface area (Å²) in [6, 6.07) is 0. The van der Waals surface area contributed by atoms with Crippen LogP contribution in [0.5, 0.6) is 0 Å². The molecule has 19 heavy (non-hydrogen) atoms. The molecule has 100 valence electrons. The van der Waals surface area contributed by atoms with E-state index in [0.717, 1.165) is 49.2 Å². The lowest BCUT2D eigenvalue weighted by atomic mass is 10.4. The van der Waals surface area contributed by atoms with Gasteiger partial charge < -0.3 is 9.80 Å². The molecule has 0 aromatic carbocycles. The van der Waals surface area contributed by atoms with E-state index in [4.69, 9.17) is 0 Å². The Balaban J connectivity index is 1.69. The smallest absolute Gasteiger partial charge is 0.185 e. The Labute approximate surface area is 116 Å². The maximum absolute atomic E-state index is 4.57. The van der Waals surface area contributed by atoms with Gasteiger partial charge in [-0.05, 0) is 13.3 Å². The van der Waals surface area contributed by atoms with Gasteiger partial charge in [0.25, 0.3) is 0 Å². The molecule has 0 saturated carbocycles. The number of nitrogens with zero attached hydrogens (tertiary/aromatic N) is 5. The molecule has 3 rings (SSSR count). The molecule has 1 aliphatic heterocycles. The van der Waals surface area contributed by atoms with Gasteiger partial charge in [0.2, 0.25) is 0 Å². The number of aryl methyl sites for hydroxylation is 1. The summed E-state index contributed by atoms with van der Waals surface area (Å²) >= 11 is 1.73. The van der Waals surface area contributed by atoms with Crippen molar-refractivity contribution in [1.29, 1.82) is 0 Å². The maximum Gasteiger partial charge on any atom is 0.185 e. The number of anilines is 2. The molecular formula is C13H17N5S. The summed E-state index contributed by atoms with van der Waals surface area (Å²) in [5.41, 5.74) is 1.11. The molecule has 6 heteroatoms. The van der Waals surface area contributed by atoms with Crippen LogP contribution in [-0.4, -0.2) is 41.1 Å². The summed E-state index contributed by atoms with van der Waals surface area (Å²) < 4.78 is 0. The van der Waals surface area contributed by atoms with Crippen molar-refractivity contribution in [1.82, 2.24) is 15.0 Å². The summed E-state index contributed by atoms with van der Waals surface area (Å²) in [7, 11) is 0. The van der Waals surface area contributed by atoms with Crippen molar-refractivity contribution >= 4 is 22.3 Å². The van der Waals surface area contributed by atoms with Gasteiger partial charge in [0.05, 0.1) is 11.9 Å². The van der Waals surface area contributed by atoms with Crippen LogP contribution in [0.4, 0.5) is 10.9 Å². The van der Waals surface area contributed by atoms with Gasteiger partial charge in [0.1, 0.15) is 5.82 Å². The van der Waals surface area contributed by atoms with E-state index in [0.29, 0.717) is 0 Å². The van der Waals surface area contributed by atoms with Gasteiger partial charge in [0, 0.05) is 44.0 Å². The quantitative estimate of drug-likeness (QED) is 0.838. The molecular weight excluding hydrogens is 258 g/mol. The van der Waals surface area contributed by atoms with Gasteiger partial charge >= 0.3 is 0 Å². The van der Waals surface area contributed by atoms with Crippen molar-refractivity contribution in [2.75, 3.05) is 36.0 Å². The van der Waals surface area contributed by atoms with Gasteiger partial charge in [-0.3, -0.25) is 4.98 Å². The van der Waals surface area contributed by atoms with Crippen LogP contribution in [0, 0.1) is 6.92 Å². The minimum Gasteiger partial charge on any atom is -0.354 e. The molecule has 0 atom stereocenters. The predicted octanol–water partition coefficient (Wildman–Crippen LogP) is 1.96. The zero-order valence-corrected chi connectivity index (χ0v) is 11.8. The Morgan fingerprint density at radius 3 is 2.68 bits per heavy atom. The number of rotatable bonds is 2. The molecule has 1 fully saturated rings. The van der Waals surface area contributed by atoms with Crippen molar-refractivity contribution in [2.45, 2.75) is 13.3 Å². The van der Waals surface area contributed by atoms with E-state index >= 15 is 0 Å². The molecule has 0 aliphatic carbocycles. The third-order valence-electron chi connectivity index (χ3n) is 3.25. The summed E-state index contributed by atoms with van der Waals surface area (Å²) in [5, 5.41) is 3.25. The lowest BCUT2D eigenvalue weighted by molar-refractivity contribution is 0.794. The molecule has 2 aromatic heterocycles. The van der Waals surface area contributed by atoms with Gasteiger partial charge in [-0.2, -0.15) is 0 Å². The number of aromatic nitrogens is 3. The first-order valence-electron chi connectivity index (χ1n) is 6.51. The zero-order chi connectivity index (χ0) is 13.1. The van der Waals surface area contributed by atoms with Gasteiger partial charge in [-0.15, -0.1) is 11.3 Å². The summed E-state index contributed by atoms with van der Waals surface area (Å²) in [4.78, 5) is 17.8. The molecule has 3 heterocycles.